The minimum atomic E-state index is 0.398. The Hall–Kier alpha value is -0.0400. The van der Waals surface area contributed by atoms with Crippen molar-refractivity contribution in [3.05, 3.63) is 0 Å². The molecule has 0 aliphatic heterocycles. The van der Waals surface area contributed by atoms with E-state index in [1.807, 2.05) is 0 Å². The molecular weight excluding hydrogens is 172 g/mol. The lowest BCUT2D eigenvalue weighted by Gasteiger charge is -2.31. The van der Waals surface area contributed by atoms with Gasteiger partial charge < -0.3 is 4.74 Å². The van der Waals surface area contributed by atoms with Gasteiger partial charge in [0.1, 0.15) is 0 Å². The highest BCUT2D eigenvalue weighted by molar-refractivity contribution is 4.75. The van der Waals surface area contributed by atoms with Gasteiger partial charge in [-0.2, -0.15) is 0 Å². The van der Waals surface area contributed by atoms with Gasteiger partial charge >= 0.3 is 0 Å². The number of hydrogen-bond donors (Lipinski definition) is 0. The predicted molar refractivity (Wildman–Crippen MR) is 61.4 cm³/mol. The highest BCUT2D eigenvalue weighted by Gasteiger charge is 2.24. The highest BCUT2D eigenvalue weighted by atomic mass is 16.5. The molecule has 0 N–H and O–H groups in total. The predicted octanol–water partition coefficient (Wildman–Crippen LogP) is 3.87. The molecule has 0 unspecified atom stereocenters. The molecule has 1 nitrogen and oxygen atoms in total. The first-order valence-corrected chi connectivity index (χ1v) is 6.21. The quantitative estimate of drug-likeness (QED) is 0.666. The van der Waals surface area contributed by atoms with Crippen LogP contribution >= 0.6 is 0 Å². The SMILES string of the molecule is CC(C)OC[C@@H]1CCC[C@@H](C(C)C)C1. The second-order valence-electron chi connectivity index (χ2n) is 5.42. The molecule has 0 spiro atoms. The monoisotopic (exact) mass is 198 g/mol. The van der Waals surface area contributed by atoms with Gasteiger partial charge in [0.05, 0.1) is 6.10 Å². The normalized spacial score (nSPS) is 28.7. The van der Waals surface area contributed by atoms with Crippen LogP contribution in [0.15, 0.2) is 0 Å². The van der Waals surface area contributed by atoms with Gasteiger partial charge in [-0.05, 0) is 44.4 Å². The summed E-state index contributed by atoms with van der Waals surface area (Å²) in [6, 6.07) is 0. The van der Waals surface area contributed by atoms with Crippen LogP contribution in [-0.2, 0) is 4.74 Å². The lowest BCUT2D eigenvalue weighted by molar-refractivity contribution is 0.0302. The van der Waals surface area contributed by atoms with Gasteiger partial charge in [-0.25, -0.2) is 0 Å². The topological polar surface area (TPSA) is 9.23 Å². The van der Waals surface area contributed by atoms with E-state index < -0.39 is 0 Å². The van der Waals surface area contributed by atoms with Crippen molar-refractivity contribution in [1.29, 1.82) is 0 Å². The third-order valence-corrected chi connectivity index (χ3v) is 3.43. The number of ether oxygens (including phenoxy) is 1. The van der Waals surface area contributed by atoms with E-state index >= 15 is 0 Å². The summed E-state index contributed by atoms with van der Waals surface area (Å²) in [7, 11) is 0. The van der Waals surface area contributed by atoms with Crippen LogP contribution in [0.5, 0.6) is 0 Å². The molecule has 0 aromatic heterocycles. The fourth-order valence-corrected chi connectivity index (χ4v) is 2.42. The molecule has 1 aliphatic rings. The van der Waals surface area contributed by atoms with E-state index in [4.69, 9.17) is 4.74 Å². The molecule has 0 bridgehead atoms. The van der Waals surface area contributed by atoms with Gasteiger partial charge in [0.25, 0.3) is 0 Å². The van der Waals surface area contributed by atoms with Crippen molar-refractivity contribution in [3.63, 3.8) is 0 Å². The molecule has 1 aliphatic carbocycles. The van der Waals surface area contributed by atoms with Crippen LogP contribution < -0.4 is 0 Å². The van der Waals surface area contributed by atoms with E-state index in [2.05, 4.69) is 27.7 Å². The summed E-state index contributed by atoms with van der Waals surface area (Å²) in [5.41, 5.74) is 0. The molecule has 1 rings (SSSR count). The highest BCUT2D eigenvalue weighted by Crippen LogP contribution is 2.33. The average molecular weight is 198 g/mol. The third kappa shape index (κ3) is 4.00. The molecule has 0 saturated heterocycles. The Bertz CT molecular complexity index is 151. The fraction of sp³-hybridized carbons (Fsp3) is 1.00. The summed E-state index contributed by atoms with van der Waals surface area (Å²) in [5, 5.41) is 0. The molecule has 0 aromatic carbocycles. The van der Waals surface area contributed by atoms with Gasteiger partial charge in [0, 0.05) is 6.61 Å². The maximum absolute atomic E-state index is 5.71. The Kier molecular flexibility index (Phi) is 4.94. The van der Waals surface area contributed by atoms with Crippen LogP contribution in [-0.4, -0.2) is 12.7 Å². The average Bonchev–Trinajstić information content (AvgIpc) is 2.15. The van der Waals surface area contributed by atoms with Gasteiger partial charge in [-0.15, -0.1) is 0 Å². The van der Waals surface area contributed by atoms with Crippen molar-refractivity contribution < 1.29 is 4.74 Å². The standard InChI is InChI=1S/C13H26O/c1-10(2)13-7-5-6-12(8-13)9-14-11(3)4/h10-13H,5-9H2,1-4H3/t12-,13-/m1/s1. The number of hydrogen-bond acceptors (Lipinski definition) is 1. The van der Waals surface area contributed by atoms with E-state index in [-0.39, 0.29) is 0 Å². The summed E-state index contributed by atoms with van der Waals surface area (Å²) >= 11 is 0. The molecule has 1 saturated carbocycles. The first-order valence-electron chi connectivity index (χ1n) is 6.21. The Morgan fingerprint density at radius 2 is 1.86 bits per heavy atom. The Morgan fingerprint density at radius 3 is 2.43 bits per heavy atom. The van der Waals surface area contributed by atoms with Gasteiger partial charge in [0.2, 0.25) is 0 Å². The van der Waals surface area contributed by atoms with Crippen molar-refractivity contribution in [2.24, 2.45) is 17.8 Å². The lowest BCUT2D eigenvalue weighted by Crippen LogP contribution is -2.24. The zero-order valence-corrected chi connectivity index (χ0v) is 10.3. The molecule has 2 atom stereocenters. The second-order valence-corrected chi connectivity index (χ2v) is 5.42. The van der Waals surface area contributed by atoms with E-state index in [1.165, 1.54) is 25.7 Å². The molecular formula is C13H26O. The van der Waals surface area contributed by atoms with E-state index in [1.54, 1.807) is 0 Å². The van der Waals surface area contributed by atoms with Gasteiger partial charge in [-0.3, -0.25) is 0 Å². The summed E-state index contributed by atoms with van der Waals surface area (Å²) in [4.78, 5) is 0. The largest absolute Gasteiger partial charge is 0.379 e. The molecule has 14 heavy (non-hydrogen) atoms. The van der Waals surface area contributed by atoms with Crippen molar-refractivity contribution in [3.8, 4) is 0 Å². The third-order valence-electron chi connectivity index (χ3n) is 3.43. The van der Waals surface area contributed by atoms with Crippen LogP contribution in [0.4, 0.5) is 0 Å². The van der Waals surface area contributed by atoms with Crippen LogP contribution in [0, 0.1) is 17.8 Å². The molecule has 0 heterocycles. The minimum Gasteiger partial charge on any atom is -0.379 e. The van der Waals surface area contributed by atoms with E-state index in [0.29, 0.717) is 6.10 Å². The Morgan fingerprint density at radius 1 is 1.14 bits per heavy atom. The molecule has 1 fully saturated rings. The zero-order chi connectivity index (χ0) is 10.6. The van der Waals surface area contributed by atoms with Crippen molar-refractivity contribution >= 4 is 0 Å². The minimum absolute atomic E-state index is 0.398. The van der Waals surface area contributed by atoms with E-state index in [0.717, 1.165) is 24.4 Å². The smallest absolute Gasteiger partial charge is 0.0519 e. The first-order chi connectivity index (χ1) is 6.59. The summed E-state index contributed by atoms with van der Waals surface area (Å²) in [6.07, 6.45) is 6.03. The van der Waals surface area contributed by atoms with Gasteiger partial charge in [-0.1, -0.05) is 26.7 Å². The van der Waals surface area contributed by atoms with Crippen LogP contribution in [0.25, 0.3) is 0 Å². The van der Waals surface area contributed by atoms with Crippen LogP contribution in [0.3, 0.4) is 0 Å². The van der Waals surface area contributed by atoms with Crippen LogP contribution in [0.2, 0.25) is 0 Å². The Labute approximate surface area is 89.2 Å². The second kappa shape index (κ2) is 5.75. The zero-order valence-electron chi connectivity index (χ0n) is 10.3. The maximum atomic E-state index is 5.71. The van der Waals surface area contributed by atoms with Crippen molar-refractivity contribution in [1.82, 2.24) is 0 Å². The molecule has 0 radical (unpaired) electrons. The summed E-state index contributed by atoms with van der Waals surface area (Å²) in [5.74, 6) is 2.64. The lowest BCUT2D eigenvalue weighted by atomic mass is 9.76. The molecule has 0 amide bonds. The summed E-state index contributed by atoms with van der Waals surface area (Å²) < 4.78 is 5.71. The van der Waals surface area contributed by atoms with E-state index in [9.17, 15) is 0 Å². The molecule has 0 aromatic rings. The molecule has 1 heteroatoms. The summed E-state index contributed by atoms with van der Waals surface area (Å²) in [6.45, 7) is 9.96. The van der Waals surface area contributed by atoms with Crippen molar-refractivity contribution in [2.45, 2.75) is 59.5 Å². The molecule has 84 valence electrons. The van der Waals surface area contributed by atoms with Gasteiger partial charge in [0.15, 0.2) is 0 Å². The fourth-order valence-electron chi connectivity index (χ4n) is 2.42. The van der Waals surface area contributed by atoms with Crippen molar-refractivity contribution in [2.75, 3.05) is 6.61 Å². The number of rotatable bonds is 4. The Balaban J connectivity index is 2.25. The first kappa shape index (κ1) is 12.0. The van der Waals surface area contributed by atoms with Crippen LogP contribution in [0.1, 0.15) is 53.4 Å². The maximum Gasteiger partial charge on any atom is 0.0519 e.